The zero-order valence-corrected chi connectivity index (χ0v) is 12.5. The molecule has 0 unspecified atom stereocenters. The molecule has 108 valence electrons. The molecule has 4 nitrogen and oxygen atoms in total. The predicted octanol–water partition coefficient (Wildman–Crippen LogP) is 3.55. The van der Waals surface area contributed by atoms with Gasteiger partial charge in [0.05, 0.1) is 11.0 Å². The number of benzene rings is 1. The van der Waals surface area contributed by atoms with Gasteiger partial charge in [0.2, 0.25) is 0 Å². The summed E-state index contributed by atoms with van der Waals surface area (Å²) >= 11 is 0. The summed E-state index contributed by atoms with van der Waals surface area (Å²) in [5.41, 5.74) is 8.92. The summed E-state index contributed by atoms with van der Waals surface area (Å²) in [6.07, 6.45) is 2.61. The number of nitrogen functional groups attached to an aromatic ring is 1. The van der Waals surface area contributed by atoms with Crippen molar-refractivity contribution in [1.29, 1.82) is 0 Å². The van der Waals surface area contributed by atoms with Gasteiger partial charge in [0.1, 0.15) is 11.3 Å². The van der Waals surface area contributed by atoms with Crippen LogP contribution in [0.5, 0.6) is 0 Å². The van der Waals surface area contributed by atoms with Crippen molar-refractivity contribution in [3.63, 3.8) is 0 Å². The Bertz CT molecular complexity index is 814. The molecule has 0 saturated carbocycles. The second kappa shape index (κ2) is 5.20. The van der Waals surface area contributed by atoms with Crippen molar-refractivity contribution in [3.8, 4) is 0 Å². The van der Waals surface area contributed by atoms with Crippen molar-refractivity contribution < 1.29 is 0 Å². The van der Waals surface area contributed by atoms with E-state index in [1.165, 1.54) is 0 Å². The number of hydrogen-bond acceptors (Lipinski definition) is 3. The second-order valence-electron chi connectivity index (χ2n) is 5.74. The largest absolute Gasteiger partial charge is 0.382 e. The molecule has 0 aliphatic carbocycles. The Morgan fingerprint density at radius 2 is 2.05 bits per heavy atom. The molecule has 2 aromatic heterocycles. The van der Waals surface area contributed by atoms with Gasteiger partial charge in [-0.05, 0) is 12.0 Å². The molecule has 2 N–H and O–H groups in total. The molecule has 0 aliphatic rings. The van der Waals surface area contributed by atoms with Crippen LogP contribution in [0, 0.1) is 5.92 Å². The molecule has 4 heteroatoms. The van der Waals surface area contributed by atoms with Gasteiger partial charge in [-0.2, -0.15) is 0 Å². The molecule has 0 bridgehead atoms. The highest BCUT2D eigenvalue weighted by Crippen LogP contribution is 2.29. The third kappa shape index (κ3) is 2.27. The first kappa shape index (κ1) is 13.6. The van der Waals surface area contributed by atoms with Gasteiger partial charge >= 0.3 is 0 Å². The SMILES string of the molecule is C=CCc1nc2c(N)nc3ccccc3c2n1CC(C)C. The zero-order valence-electron chi connectivity index (χ0n) is 12.5. The molecule has 0 aliphatic heterocycles. The second-order valence-corrected chi connectivity index (χ2v) is 5.74. The monoisotopic (exact) mass is 280 g/mol. The highest BCUT2D eigenvalue weighted by molar-refractivity contribution is 6.06. The third-order valence-corrected chi connectivity index (χ3v) is 3.56. The molecule has 0 radical (unpaired) electrons. The van der Waals surface area contributed by atoms with Crippen LogP contribution >= 0.6 is 0 Å². The topological polar surface area (TPSA) is 56.7 Å². The molecule has 21 heavy (non-hydrogen) atoms. The maximum Gasteiger partial charge on any atom is 0.152 e. The van der Waals surface area contributed by atoms with Gasteiger partial charge in [0.25, 0.3) is 0 Å². The minimum absolute atomic E-state index is 0.497. The van der Waals surface area contributed by atoms with Gasteiger partial charge in [-0.1, -0.05) is 38.1 Å². The number of para-hydroxylation sites is 1. The molecule has 2 heterocycles. The summed E-state index contributed by atoms with van der Waals surface area (Å²) < 4.78 is 2.27. The van der Waals surface area contributed by atoms with Crippen LogP contribution in [0.15, 0.2) is 36.9 Å². The number of nitrogens with two attached hydrogens (primary N) is 1. The van der Waals surface area contributed by atoms with Crippen LogP contribution in [0.4, 0.5) is 5.82 Å². The first-order valence-electron chi connectivity index (χ1n) is 7.26. The maximum absolute atomic E-state index is 6.12. The number of rotatable bonds is 4. The van der Waals surface area contributed by atoms with Crippen LogP contribution in [-0.2, 0) is 13.0 Å². The van der Waals surface area contributed by atoms with Gasteiger partial charge < -0.3 is 10.3 Å². The third-order valence-electron chi connectivity index (χ3n) is 3.56. The Hall–Kier alpha value is -2.36. The van der Waals surface area contributed by atoms with Gasteiger partial charge in [-0.3, -0.25) is 0 Å². The van der Waals surface area contributed by atoms with Crippen LogP contribution in [0.2, 0.25) is 0 Å². The number of nitrogens with zero attached hydrogens (tertiary/aromatic N) is 3. The lowest BCUT2D eigenvalue weighted by molar-refractivity contribution is 0.521. The minimum atomic E-state index is 0.497. The molecular formula is C17H20N4. The normalized spacial score (nSPS) is 11.6. The summed E-state index contributed by atoms with van der Waals surface area (Å²) in [6, 6.07) is 8.08. The molecule has 0 fully saturated rings. The standard InChI is InChI=1S/C17H20N4/c1-4-7-14-20-15-16(21(14)10-11(2)3)12-8-5-6-9-13(12)19-17(15)18/h4-6,8-9,11H,1,7,10H2,2-3H3,(H2,18,19). The Balaban J connectivity index is 2.42. The van der Waals surface area contributed by atoms with E-state index in [1.807, 2.05) is 24.3 Å². The quantitative estimate of drug-likeness (QED) is 0.743. The summed E-state index contributed by atoms with van der Waals surface area (Å²) in [4.78, 5) is 9.18. The molecule has 0 atom stereocenters. The Kier molecular flexibility index (Phi) is 3.37. The van der Waals surface area contributed by atoms with E-state index in [1.54, 1.807) is 0 Å². The van der Waals surface area contributed by atoms with Crippen molar-refractivity contribution >= 4 is 27.8 Å². The molecular weight excluding hydrogens is 260 g/mol. The van der Waals surface area contributed by atoms with Gasteiger partial charge in [0, 0.05) is 18.4 Å². The van der Waals surface area contributed by atoms with Gasteiger partial charge in [-0.25, -0.2) is 9.97 Å². The van der Waals surface area contributed by atoms with E-state index in [2.05, 4.69) is 36.0 Å². The predicted molar refractivity (Wildman–Crippen MR) is 88.2 cm³/mol. The van der Waals surface area contributed by atoms with Gasteiger partial charge in [0.15, 0.2) is 5.82 Å². The van der Waals surface area contributed by atoms with Gasteiger partial charge in [-0.15, -0.1) is 6.58 Å². The number of aromatic nitrogens is 3. The van der Waals surface area contributed by atoms with E-state index >= 15 is 0 Å². The van der Waals surface area contributed by atoms with Crippen LogP contribution in [0.3, 0.4) is 0 Å². The van der Waals surface area contributed by atoms with E-state index in [0.29, 0.717) is 11.7 Å². The fraction of sp³-hybridized carbons (Fsp3) is 0.294. The minimum Gasteiger partial charge on any atom is -0.382 e. The van der Waals surface area contributed by atoms with E-state index in [-0.39, 0.29) is 0 Å². The number of hydrogen-bond donors (Lipinski definition) is 1. The molecule has 0 saturated heterocycles. The Labute approximate surface area is 124 Å². The highest BCUT2D eigenvalue weighted by atomic mass is 15.1. The number of fused-ring (bicyclic) bond motifs is 3. The maximum atomic E-state index is 6.12. The van der Waals surface area contributed by atoms with E-state index in [9.17, 15) is 0 Å². The van der Waals surface area contributed by atoms with Crippen molar-refractivity contribution in [3.05, 3.63) is 42.7 Å². The van der Waals surface area contributed by atoms with Crippen LogP contribution in [0.1, 0.15) is 19.7 Å². The lowest BCUT2D eigenvalue weighted by Gasteiger charge is -2.12. The van der Waals surface area contributed by atoms with Crippen molar-refractivity contribution in [2.45, 2.75) is 26.8 Å². The van der Waals surface area contributed by atoms with E-state index in [0.717, 1.165) is 40.7 Å². The molecule has 0 amide bonds. The summed E-state index contributed by atoms with van der Waals surface area (Å²) in [7, 11) is 0. The first-order chi connectivity index (χ1) is 10.1. The fourth-order valence-electron chi connectivity index (χ4n) is 2.75. The number of anilines is 1. The van der Waals surface area contributed by atoms with Crippen LogP contribution in [0.25, 0.3) is 21.9 Å². The van der Waals surface area contributed by atoms with Crippen LogP contribution in [-0.4, -0.2) is 14.5 Å². The number of imidazole rings is 1. The fourth-order valence-corrected chi connectivity index (χ4v) is 2.75. The highest BCUT2D eigenvalue weighted by Gasteiger charge is 2.16. The van der Waals surface area contributed by atoms with Crippen LogP contribution < -0.4 is 5.73 Å². The summed E-state index contributed by atoms with van der Waals surface area (Å²) in [5.74, 6) is 2.02. The first-order valence-corrected chi connectivity index (χ1v) is 7.26. The van der Waals surface area contributed by atoms with E-state index in [4.69, 9.17) is 10.7 Å². The molecule has 3 aromatic rings. The number of pyridine rings is 1. The molecule has 3 rings (SSSR count). The Morgan fingerprint density at radius 3 is 2.76 bits per heavy atom. The lowest BCUT2D eigenvalue weighted by atomic mass is 10.1. The van der Waals surface area contributed by atoms with Crippen molar-refractivity contribution in [1.82, 2.24) is 14.5 Å². The average Bonchev–Trinajstić information content (AvgIpc) is 2.79. The smallest absolute Gasteiger partial charge is 0.152 e. The van der Waals surface area contributed by atoms with Crippen molar-refractivity contribution in [2.24, 2.45) is 5.92 Å². The summed E-state index contributed by atoms with van der Waals surface area (Å²) in [5, 5.41) is 1.10. The summed E-state index contributed by atoms with van der Waals surface area (Å²) in [6.45, 7) is 9.15. The molecule has 1 aromatic carbocycles. The molecule has 0 spiro atoms. The van der Waals surface area contributed by atoms with Crippen molar-refractivity contribution in [2.75, 3.05) is 5.73 Å². The lowest BCUT2D eigenvalue weighted by Crippen LogP contribution is -2.08. The number of allylic oxidation sites excluding steroid dienone is 1. The zero-order chi connectivity index (χ0) is 15.0. The average molecular weight is 280 g/mol. The Morgan fingerprint density at radius 1 is 1.29 bits per heavy atom. The van der Waals surface area contributed by atoms with E-state index < -0.39 is 0 Å².